The SMILES string of the molecule is CCCC=Cc1ccc(C(=O)O)c(-c2ccc(CCCC)cc2)c1. The Morgan fingerprint density at radius 1 is 1.04 bits per heavy atom. The van der Waals surface area contributed by atoms with Crippen molar-refractivity contribution in [2.45, 2.75) is 46.0 Å². The molecule has 0 bridgehead atoms. The highest BCUT2D eigenvalue weighted by molar-refractivity contribution is 5.96. The quantitative estimate of drug-likeness (QED) is 0.627. The zero-order chi connectivity index (χ0) is 17.4. The van der Waals surface area contributed by atoms with Crippen molar-refractivity contribution in [3.8, 4) is 11.1 Å². The van der Waals surface area contributed by atoms with E-state index in [0.717, 1.165) is 36.0 Å². The summed E-state index contributed by atoms with van der Waals surface area (Å²) in [6.07, 6.45) is 9.76. The molecule has 0 aliphatic carbocycles. The number of allylic oxidation sites excluding steroid dienone is 1. The highest BCUT2D eigenvalue weighted by Gasteiger charge is 2.12. The Kier molecular flexibility index (Phi) is 6.80. The van der Waals surface area contributed by atoms with Gasteiger partial charge in [-0.05, 0) is 53.6 Å². The Morgan fingerprint density at radius 3 is 2.42 bits per heavy atom. The number of benzene rings is 2. The molecule has 0 aliphatic rings. The molecule has 24 heavy (non-hydrogen) atoms. The molecule has 0 aliphatic heterocycles. The van der Waals surface area contributed by atoms with Crippen LogP contribution in [-0.2, 0) is 6.42 Å². The molecule has 0 heterocycles. The third-order valence-corrected chi connectivity index (χ3v) is 4.12. The fraction of sp³-hybridized carbons (Fsp3) is 0.318. The first kappa shape index (κ1) is 18.0. The van der Waals surface area contributed by atoms with E-state index in [-0.39, 0.29) is 0 Å². The predicted octanol–water partition coefficient (Wildman–Crippen LogP) is 6.21. The molecule has 126 valence electrons. The summed E-state index contributed by atoms with van der Waals surface area (Å²) in [6.45, 7) is 4.33. The molecule has 2 aromatic rings. The molecule has 0 radical (unpaired) electrons. The van der Waals surface area contributed by atoms with E-state index in [1.165, 1.54) is 18.4 Å². The number of aromatic carboxylic acids is 1. The molecule has 2 aromatic carbocycles. The molecular formula is C22H26O2. The second kappa shape index (κ2) is 9.07. The number of aryl methyl sites for hydroxylation is 1. The van der Waals surface area contributed by atoms with Crippen LogP contribution in [0, 0.1) is 0 Å². The second-order valence-electron chi connectivity index (χ2n) is 6.10. The smallest absolute Gasteiger partial charge is 0.336 e. The van der Waals surface area contributed by atoms with Crippen LogP contribution in [0.3, 0.4) is 0 Å². The Bertz CT molecular complexity index is 696. The van der Waals surface area contributed by atoms with Gasteiger partial charge in [0.1, 0.15) is 0 Å². The number of hydrogen-bond acceptors (Lipinski definition) is 1. The van der Waals surface area contributed by atoms with Crippen LogP contribution in [0.5, 0.6) is 0 Å². The Labute approximate surface area is 144 Å². The van der Waals surface area contributed by atoms with Gasteiger partial charge in [-0.3, -0.25) is 0 Å². The minimum Gasteiger partial charge on any atom is -0.478 e. The van der Waals surface area contributed by atoms with Crippen molar-refractivity contribution >= 4 is 12.0 Å². The van der Waals surface area contributed by atoms with Crippen LogP contribution in [0.4, 0.5) is 0 Å². The average Bonchev–Trinajstić information content (AvgIpc) is 2.60. The van der Waals surface area contributed by atoms with Gasteiger partial charge in [-0.15, -0.1) is 0 Å². The summed E-state index contributed by atoms with van der Waals surface area (Å²) in [5.41, 5.74) is 4.43. The lowest BCUT2D eigenvalue weighted by molar-refractivity contribution is 0.0697. The molecule has 0 fully saturated rings. The van der Waals surface area contributed by atoms with Crippen molar-refractivity contribution < 1.29 is 9.90 Å². The molecule has 2 nitrogen and oxygen atoms in total. The van der Waals surface area contributed by atoms with Crippen molar-refractivity contribution in [1.82, 2.24) is 0 Å². The zero-order valence-corrected chi connectivity index (χ0v) is 14.6. The van der Waals surface area contributed by atoms with Crippen molar-refractivity contribution in [3.05, 3.63) is 65.2 Å². The summed E-state index contributed by atoms with van der Waals surface area (Å²) in [7, 11) is 0. The molecule has 2 heteroatoms. The van der Waals surface area contributed by atoms with Gasteiger partial charge in [0.25, 0.3) is 0 Å². The van der Waals surface area contributed by atoms with E-state index in [1.54, 1.807) is 6.07 Å². The van der Waals surface area contributed by atoms with Crippen LogP contribution >= 0.6 is 0 Å². The van der Waals surface area contributed by atoms with E-state index in [4.69, 9.17) is 0 Å². The van der Waals surface area contributed by atoms with Gasteiger partial charge in [0.2, 0.25) is 0 Å². The lowest BCUT2D eigenvalue weighted by Gasteiger charge is -2.09. The van der Waals surface area contributed by atoms with Crippen LogP contribution in [0.15, 0.2) is 48.5 Å². The number of carboxylic acids is 1. The molecule has 0 saturated carbocycles. The number of rotatable bonds is 8. The Morgan fingerprint density at radius 2 is 1.79 bits per heavy atom. The van der Waals surface area contributed by atoms with Gasteiger partial charge >= 0.3 is 5.97 Å². The molecule has 0 atom stereocenters. The van der Waals surface area contributed by atoms with Crippen molar-refractivity contribution in [2.75, 3.05) is 0 Å². The highest BCUT2D eigenvalue weighted by atomic mass is 16.4. The van der Waals surface area contributed by atoms with Gasteiger partial charge in [-0.1, -0.05) is 69.2 Å². The highest BCUT2D eigenvalue weighted by Crippen LogP contribution is 2.26. The third-order valence-electron chi connectivity index (χ3n) is 4.12. The lowest BCUT2D eigenvalue weighted by atomic mass is 9.95. The van der Waals surface area contributed by atoms with Crippen molar-refractivity contribution in [1.29, 1.82) is 0 Å². The van der Waals surface area contributed by atoms with E-state index in [0.29, 0.717) is 5.56 Å². The van der Waals surface area contributed by atoms with Gasteiger partial charge in [0.05, 0.1) is 5.56 Å². The van der Waals surface area contributed by atoms with Crippen LogP contribution in [0.1, 0.15) is 61.0 Å². The zero-order valence-electron chi connectivity index (χ0n) is 14.6. The number of unbranched alkanes of at least 4 members (excludes halogenated alkanes) is 2. The molecule has 0 amide bonds. The largest absolute Gasteiger partial charge is 0.478 e. The minimum absolute atomic E-state index is 0.351. The maximum Gasteiger partial charge on any atom is 0.336 e. The number of hydrogen-bond donors (Lipinski definition) is 1. The summed E-state index contributed by atoms with van der Waals surface area (Å²) < 4.78 is 0. The molecule has 0 spiro atoms. The maximum atomic E-state index is 11.6. The first-order valence-corrected chi connectivity index (χ1v) is 8.79. The topological polar surface area (TPSA) is 37.3 Å². The van der Waals surface area contributed by atoms with Crippen LogP contribution in [-0.4, -0.2) is 11.1 Å². The summed E-state index contributed by atoms with van der Waals surface area (Å²) in [6, 6.07) is 13.8. The van der Waals surface area contributed by atoms with Gasteiger partial charge < -0.3 is 5.11 Å². The molecule has 0 saturated heterocycles. The first-order valence-electron chi connectivity index (χ1n) is 8.79. The standard InChI is InChI=1S/C22H26O2/c1-3-5-7-9-18-12-15-20(22(23)24)21(16-18)19-13-10-17(11-14-19)8-6-4-2/h7,9-16H,3-6,8H2,1-2H3,(H,23,24). The Hall–Kier alpha value is -2.35. The summed E-state index contributed by atoms with van der Waals surface area (Å²) >= 11 is 0. The fourth-order valence-electron chi connectivity index (χ4n) is 2.71. The van der Waals surface area contributed by atoms with Gasteiger partial charge in [0, 0.05) is 0 Å². The fourth-order valence-corrected chi connectivity index (χ4v) is 2.71. The lowest BCUT2D eigenvalue weighted by Crippen LogP contribution is -2.00. The average molecular weight is 322 g/mol. The molecular weight excluding hydrogens is 296 g/mol. The predicted molar refractivity (Wildman–Crippen MR) is 101 cm³/mol. The molecule has 0 aromatic heterocycles. The van der Waals surface area contributed by atoms with Crippen LogP contribution < -0.4 is 0 Å². The normalized spacial score (nSPS) is 11.1. The van der Waals surface area contributed by atoms with Crippen molar-refractivity contribution in [2.24, 2.45) is 0 Å². The Balaban J connectivity index is 2.34. The van der Waals surface area contributed by atoms with Gasteiger partial charge in [0.15, 0.2) is 0 Å². The van der Waals surface area contributed by atoms with Crippen LogP contribution in [0.25, 0.3) is 17.2 Å². The second-order valence-corrected chi connectivity index (χ2v) is 6.10. The summed E-state index contributed by atoms with van der Waals surface area (Å²) in [5.74, 6) is -0.885. The van der Waals surface area contributed by atoms with E-state index in [1.807, 2.05) is 24.3 Å². The van der Waals surface area contributed by atoms with E-state index in [9.17, 15) is 9.90 Å². The van der Waals surface area contributed by atoms with E-state index in [2.05, 4.69) is 38.1 Å². The summed E-state index contributed by atoms with van der Waals surface area (Å²) in [4.78, 5) is 11.6. The van der Waals surface area contributed by atoms with Gasteiger partial charge in [-0.25, -0.2) is 4.79 Å². The number of carbonyl (C=O) groups is 1. The maximum absolute atomic E-state index is 11.6. The summed E-state index contributed by atoms with van der Waals surface area (Å²) in [5, 5.41) is 9.48. The first-order chi connectivity index (χ1) is 11.7. The molecule has 2 rings (SSSR count). The van der Waals surface area contributed by atoms with E-state index < -0.39 is 5.97 Å². The number of carboxylic acid groups (broad SMARTS) is 1. The van der Waals surface area contributed by atoms with E-state index >= 15 is 0 Å². The monoisotopic (exact) mass is 322 g/mol. The van der Waals surface area contributed by atoms with Crippen molar-refractivity contribution in [3.63, 3.8) is 0 Å². The van der Waals surface area contributed by atoms with Gasteiger partial charge in [-0.2, -0.15) is 0 Å². The van der Waals surface area contributed by atoms with Crippen LogP contribution in [0.2, 0.25) is 0 Å². The molecule has 1 N–H and O–H groups in total. The minimum atomic E-state index is -0.885. The third kappa shape index (κ3) is 4.82. The molecule has 0 unspecified atom stereocenters.